The number of H-pyrrole nitrogens is 1. The van der Waals surface area contributed by atoms with E-state index in [1.807, 2.05) is 50.2 Å². The predicted octanol–water partition coefficient (Wildman–Crippen LogP) is 4.06. The van der Waals surface area contributed by atoms with Gasteiger partial charge >= 0.3 is 0 Å². The topological polar surface area (TPSA) is 71.6 Å². The number of carbonyl (C=O) groups excluding carboxylic acids is 1. The lowest BCUT2D eigenvalue weighted by Crippen LogP contribution is -2.38. The van der Waals surface area contributed by atoms with Crippen LogP contribution in [0.1, 0.15) is 41.3 Å². The number of pyridine rings is 1. The first-order valence-electron chi connectivity index (χ1n) is 10.8. The van der Waals surface area contributed by atoms with Gasteiger partial charge in [-0.3, -0.25) is 9.59 Å². The predicted molar refractivity (Wildman–Crippen MR) is 121 cm³/mol. The minimum Gasteiger partial charge on any atom is -0.493 e. The van der Waals surface area contributed by atoms with Crippen molar-refractivity contribution in [2.45, 2.75) is 39.3 Å². The highest BCUT2D eigenvalue weighted by molar-refractivity contribution is 5.97. The Hall–Kier alpha value is -3.12. The molecule has 1 aromatic heterocycles. The summed E-state index contributed by atoms with van der Waals surface area (Å²) < 4.78 is 11.5. The SMILES string of the molecule is CCOc1ccccc1C(=O)N(Cc1cc2cccc(C)c2[nH]c1=O)CC1CCCO1. The standard InChI is InChI=1S/C25H28N2O4/c1-3-30-22-12-5-4-11-21(22)25(29)27(16-20-10-7-13-31-20)15-19-14-18-9-6-8-17(2)23(18)26-24(19)28/h4-6,8-9,11-12,14,20H,3,7,10,13,15-16H2,1-2H3,(H,26,28). The average Bonchev–Trinajstić information content (AvgIpc) is 3.28. The minimum atomic E-state index is -0.176. The molecule has 1 fully saturated rings. The molecule has 1 unspecified atom stereocenters. The molecule has 31 heavy (non-hydrogen) atoms. The van der Waals surface area contributed by atoms with E-state index in [-0.39, 0.29) is 24.1 Å². The van der Waals surface area contributed by atoms with Gasteiger partial charge in [-0.05, 0) is 55.8 Å². The highest BCUT2D eigenvalue weighted by Gasteiger charge is 2.26. The summed E-state index contributed by atoms with van der Waals surface area (Å²) in [5.74, 6) is 0.388. The number of amides is 1. The summed E-state index contributed by atoms with van der Waals surface area (Å²) in [5.41, 5.74) is 2.72. The third-order valence-electron chi connectivity index (χ3n) is 5.68. The van der Waals surface area contributed by atoms with Gasteiger partial charge in [-0.2, -0.15) is 0 Å². The highest BCUT2D eigenvalue weighted by atomic mass is 16.5. The van der Waals surface area contributed by atoms with Crippen molar-refractivity contribution in [1.29, 1.82) is 0 Å². The van der Waals surface area contributed by atoms with Crippen LogP contribution in [0, 0.1) is 6.92 Å². The first-order chi connectivity index (χ1) is 15.1. The van der Waals surface area contributed by atoms with Crippen molar-refractivity contribution in [3.8, 4) is 5.75 Å². The molecule has 1 atom stereocenters. The number of hydrogen-bond donors (Lipinski definition) is 1. The Bertz CT molecular complexity index is 1130. The normalized spacial score (nSPS) is 15.9. The van der Waals surface area contributed by atoms with Crippen LogP contribution in [0.15, 0.2) is 53.3 Å². The number of para-hydroxylation sites is 2. The summed E-state index contributed by atoms with van der Waals surface area (Å²) in [6.07, 6.45) is 1.87. The Balaban J connectivity index is 1.69. The zero-order chi connectivity index (χ0) is 21.8. The van der Waals surface area contributed by atoms with Crippen LogP contribution in [-0.2, 0) is 11.3 Å². The molecule has 1 N–H and O–H groups in total. The van der Waals surface area contributed by atoms with Gasteiger partial charge < -0.3 is 19.4 Å². The average molecular weight is 421 g/mol. The van der Waals surface area contributed by atoms with Crippen LogP contribution < -0.4 is 10.3 Å². The van der Waals surface area contributed by atoms with E-state index < -0.39 is 0 Å². The van der Waals surface area contributed by atoms with E-state index in [2.05, 4.69) is 4.98 Å². The largest absolute Gasteiger partial charge is 0.493 e. The highest BCUT2D eigenvalue weighted by Crippen LogP contribution is 2.23. The first-order valence-corrected chi connectivity index (χ1v) is 10.8. The molecule has 0 saturated carbocycles. The maximum absolute atomic E-state index is 13.5. The Morgan fingerprint density at radius 3 is 2.84 bits per heavy atom. The summed E-state index contributed by atoms with van der Waals surface area (Å²) in [5, 5.41) is 0.953. The summed E-state index contributed by atoms with van der Waals surface area (Å²) in [4.78, 5) is 31.1. The molecule has 1 saturated heterocycles. The number of aromatic nitrogens is 1. The molecule has 0 radical (unpaired) electrons. The molecule has 0 bridgehead atoms. The fourth-order valence-electron chi connectivity index (χ4n) is 4.10. The second kappa shape index (κ2) is 9.35. The van der Waals surface area contributed by atoms with Gasteiger partial charge in [0.25, 0.3) is 11.5 Å². The second-order valence-corrected chi connectivity index (χ2v) is 7.91. The van der Waals surface area contributed by atoms with Gasteiger partial charge in [-0.15, -0.1) is 0 Å². The van der Waals surface area contributed by atoms with Gasteiger partial charge in [0.2, 0.25) is 0 Å². The van der Waals surface area contributed by atoms with Crippen molar-refractivity contribution in [2.24, 2.45) is 0 Å². The number of benzene rings is 2. The maximum Gasteiger partial charge on any atom is 0.258 e. The van der Waals surface area contributed by atoms with Crippen LogP contribution in [0.4, 0.5) is 0 Å². The number of ether oxygens (including phenoxy) is 2. The van der Waals surface area contributed by atoms with E-state index in [0.29, 0.717) is 36.6 Å². The summed E-state index contributed by atoms with van der Waals surface area (Å²) in [7, 11) is 0. The number of nitrogens with zero attached hydrogens (tertiary/aromatic N) is 1. The molecule has 1 aliphatic heterocycles. The van der Waals surface area contributed by atoms with Gasteiger partial charge in [0, 0.05) is 18.7 Å². The van der Waals surface area contributed by atoms with Crippen LogP contribution >= 0.6 is 0 Å². The molecular formula is C25H28N2O4. The Kier molecular flexibility index (Phi) is 6.37. The molecule has 2 heterocycles. The molecule has 1 aliphatic rings. The van der Waals surface area contributed by atoms with Crippen molar-refractivity contribution in [1.82, 2.24) is 9.88 Å². The number of aryl methyl sites for hydroxylation is 1. The van der Waals surface area contributed by atoms with Crippen molar-refractivity contribution in [3.63, 3.8) is 0 Å². The van der Waals surface area contributed by atoms with Gasteiger partial charge in [0.1, 0.15) is 5.75 Å². The van der Waals surface area contributed by atoms with Crippen molar-refractivity contribution in [3.05, 3.63) is 75.6 Å². The van der Waals surface area contributed by atoms with E-state index in [4.69, 9.17) is 9.47 Å². The van der Waals surface area contributed by atoms with E-state index in [1.54, 1.807) is 17.0 Å². The monoisotopic (exact) mass is 420 g/mol. The van der Waals surface area contributed by atoms with E-state index in [1.165, 1.54) is 0 Å². The van der Waals surface area contributed by atoms with Crippen LogP contribution in [-0.4, -0.2) is 41.7 Å². The third kappa shape index (κ3) is 4.64. The molecule has 6 heteroatoms. The number of carbonyl (C=O) groups is 1. The smallest absolute Gasteiger partial charge is 0.258 e. The Morgan fingerprint density at radius 2 is 2.06 bits per heavy atom. The van der Waals surface area contributed by atoms with Crippen LogP contribution in [0.2, 0.25) is 0 Å². The molecule has 6 nitrogen and oxygen atoms in total. The lowest BCUT2D eigenvalue weighted by Gasteiger charge is -2.26. The van der Waals surface area contributed by atoms with Crippen molar-refractivity contribution < 1.29 is 14.3 Å². The van der Waals surface area contributed by atoms with Crippen LogP contribution in [0.5, 0.6) is 5.75 Å². The molecule has 0 aliphatic carbocycles. The molecule has 4 rings (SSSR count). The molecule has 1 amide bonds. The van der Waals surface area contributed by atoms with Crippen molar-refractivity contribution >= 4 is 16.8 Å². The van der Waals surface area contributed by atoms with Gasteiger partial charge in [0.05, 0.1) is 30.3 Å². The molecule has 2 aromatic carbocycles. The van der Waals surface area contributed by atoms with E-state index in [0.717, 1.165) is 29.3 Å². The fourth-order valence-corrected chi connectivity index (χ4v) is 4.10. The third-order valence-corrected chi connectivity index (χ3v) is 5.68. The number of rotatable bonds is 7. The minimum absolute atomic E-state index is 0.0232. The van der Waals surface area contributed by atoms with Gasteiger partial charge in [0.15, 0.2) is 0 Å². The molecule has 3 aromatic rings. The molecule has 162 valence electrons. The summed E-state index contributed by atoms with van der Waals surface area (Å²) in [6.45, 7) is 5.68. The lowest BCUT2D eigenvalue weighted by molar-refractivity contribution is 0.0503. The Morgan fingerprint density at radius 1 is 1.23 bits per heavy atom. The van der Waals surface area contributed by atoms with Crippen LogP contribution in [0.25, 0.3) is 10.9 Å². The molecule has 0 spiro atoms. The second-order valence-electron chi connectivity index (χ2n) is 7.91. The van der Waals surface area contributed by atoms with E-state index >= 15 is 0 Å². The summed E-state index contributed by atoms with van der Waals surface area (Å²) >= 11 is 0. The number of hydrogen-bond acceptors (Lipinski definition) is 4. The van der Waals surface area contributed by atoms with Crippen molar-refractivity contribution in [2.75, 3.05) is 19.8 Å². The van der Waals surface area contributed by atoms with Crippen LogP contribution in [0.3, 0.4) is 0 Å². The van der Waals surface area contributed by atoms with E-state index in [9.17, 15) is 9.59 Å². The molecular weight excluding hydrogens is 392 g/mol. The maximum atomic E-state index is 13.5. The fraction of sp³-hybridized carbons (Fsp3) is 0.360. The summed E-state index contributed by atoms with van der Waals surface area (Å²) in [6, 6.07) is 15.0. The Labute approximate surface area is 181 Å². The van der Waals surface area contributed by atoms with Gasteiger partial charge in [-0.1, -0.05) is 30.3 Å². The van der Waals surface area contributed by atoms with Gasteiger partial charge in [-0.25, -0.2) is 0 Å². The lowest BCUT2D eigenvalue weighted by atomic mass is 10.1. The first kappa shape index (κ1) is 21.1. The zero-order valence-corrected chi connectivity index (χ0v) is 18.0. The number of aromatic amines is 1. The number of fused-ring (bicyclic) bond motifs is 1. The quantitative estimate of drug-likeness (QED) is 0.626. The zero-order valence-electron chi connectivity index (χ0n) is 18.0. The number of nitrogens with one attached hydrogen (secondary N) is 1.